The number of guanidine groups is 1. The van der Waals surface area contributed by atoms with Crippen LogP contribution in [0.4, 0.5) is 0 Å². The molecule has 0 saturated carbocycles. The number of hydrogen-bond donors (Lipinski definition) is 2. The summed E-state index contributed by atoms with van der Waals surface area (Å²) in [6.07, 6.45) is 0. The molecular weight excluding hydrogens is 236 g/mol. The Hall–Kier alpha value is -1.55. The Morgan fingerprint density at radius 3 is 2.32 bits per heavy atom. The number of nitrogens with zero attached hydrogens (tertiary/aromatic N) is 2. The molecule has 19 heavy (non-hydrogen) atoms. The lowest BCUT2D eigenvalue weighted by Crippen LogP contribution is -2.44. The minimum absolute atomic E-state index is 0.326. The average molecular weight is 262 g/mol. The number of aliphatic imine (C=N–C) groups is 1. The van der Waals surface area contributed by atoms with Gasteiger partial charge in [0.05, 0.1) is 6.04 Å². The van der Waals surface area contributed by atoms with Crippen molar-refractivity contribution >= 4 is 5.96 Å². The lowest BCUT2D eigenvalue weighted by molar-refractivity contribution is 0.298. The highest BCUT2D eigenvalue weighted by molar-refractivity contribution is 5.79. The van der Waals surface area contributed by atoms with E-state index in [2.05, 4.69) is 72.7 Å². The monoisotopic (exact) mass is 262 g/mol. The van der Waals surface area contributed by atoms with Crippen LogP contribution in [-0.2, 0) is 0 Å². The largest absolute Gasteiger partial charge is 0.354 e. The summed E-state index contributed by atoms with van der Waals surface area (Å²) in [6, 6.07) is 11.2. The van der Waals surface area contributed by atoms with E-state index in [0.29, 0.717) is 12.1 Å². The summed E-state index contributed by atoms with van der Waals surface area (Å²) in [4.78, 5) is 6.44. The normalized spacial score (nSPS) is 13.7. The molecule has 106 valence electrons. The first kappa shape index (κ1) is 15.5. The zero-order valence-corrected chi connectivity index (χ0v) is 12.6. The fourth-order valence-electron chi connectivity index (χ4n) is 1.94. The quantitative estimate of drug-likeness (QED) is 0.628. The molecule has 0 aliphatic rings. The molecule has 1 rings (SSSR count). The van der Waals surface area contributed by atoms with Crippen molar-refractivity contribution in [3.05, 3.63) is 35.9 Å². The van der Waals surface area contributed by atoms with Gasteiger partial charge in [-0.05, 0) is 33.5 Å². The maximum atomic E-state index is 4.23. The van der Waals surface area contributed by atoms with Gasteiger partial charge in [-0.15, -0.1) is 0 Å². The topological polar surface area (TPSA) is 39.7 Å². The molecule has 1 atom stereocenters. The molecule has 0 spiro atoms. The Labute approximate surface area is 116 Å². The highest BCUT2D eigenvalue weighted by Gasteiger charge is 2.14. The van der Waals surface area contributed by atoms with Crippen molar-refractivity contribution in [1.82, 2.24) is 15.5 Å². The fraction of sp³-hybridized carbons (Fsp3) is 0.533. The third-order valence-electron chi connectivity index (χ3n) is 2.92. The molecule has 0 saturated heterocycles. The van der Waals surface area contributed by atoms with Crippen LogP contribution in [0.1, 0.15) is 25.5 Å². The van der Waals surface area contributed by atoms with Gasteiger partial charge in [-0.2, -0.15) is 0 Å². The number of likely N-dealkylation sites (N-methyl/N-ethyl adjacent to an activating group) is 1. The van der Waals surface area contributed by atoms with E-state index in [9.17, 15) is 0 Å². The number of benzene rings is 1. The molecule has 0 aromatic heterocycles. The maximum Gasteiger partial charge on any atom is 0.191 e. The summed E-state index contributed by atoms with van der Waals surface area (Å²) in [5, 5.41) is 6.67. The van der Waals surface area contributed by atoms with Crippen molar-refractivity contribution in [2.45, 2.75) is 25.9 Å². The van der Waals surface area contributed by atoms with E-state index in [0.717, 1.165) is 12.5 Å². The van der Waals surface area contributed by atoms with Crippen LogP contribution in [0, 0.1) is 0 Å². The second-order valence-corrected chi connectivity index (χ2v) is 5.14. The standard InChI is InChI=1S/C15H26N4/c1-12(2)18-15(16-3)17-11-14(19(4)5)13-9-7-6-8-10-13/h6-10,12,14H,11H2,1-5H3,(H2,16,17,18). The van der Waals surface area contributed by atoms with E-state index in [1.54, 1.807) is 7.05 Å². The molecule has 4 nitrogen and oxygen atoms in total. The van der Waals surface area contributed by atoms with Crippen LogP contribution in [0.25, 0.3) is 0 Å². The number of nitrogens with one attached hydrogen (secondary N) is 2. The molecule has 1 unspecified atom stereocenters. The minimum atomic E-state index is 0.326. The van der Waals surface area contributed by atoms with Crippen LogP contribution < -0.4 is 10.6 Å². The Morgan fingerprint density at radius 1 is 1.21 bits per heavy atom. The zero-order chi connectivity index (χ0) is 14.3. The van der Waals surface area contributed by atoms with Gasteiger partial charge < -0.3 is 15.5 Å². The van der Waals surface area contributed by atoms with Crippen molar-refractivity contribution in [2.75, 3.05) is 27.7 Å². The van der Waals surface area contributed by atoms with Gasteiger partial charge in [0.15, 0.2) is 5.96 Å². The molecule has 0 fully saturated rings. The Morgan fingerprint density at radius 2 is 1.84 bits per heavy atom. The zero-order valence-electron chi connectivity index (χ0n) is 12.6. The molecule has 1 aromatic carbocycles. The Bertz CT molecular complexity index is 384. The first-order valence-electron chi connectivity index (χ1n) is 6.73. The summed E-state index contributed by atoms with van der Waals surface area (Å²) >= 11 is 0. The molecule has 0 heterocycles. The van der Waals surface area contributed by atoms with Crippen molar-refractivity contribution < 1.29 is 0 Å². The van der Waals surface area contributed by atoms with E-state index < -0.39 is 0 Å². The molecule has 0 amide bonds. The fourth-order valence-corrected chi connectivity index (χ4v) is 1.94. The van der Waals surface area contributed by atoms with E-state index in [-0.39, 0.29) is 0 Å². The van der Waals surface area contributed by atoms with Gasteiger partial charge in [0.25, 0.3) is 0 Å². The highest BCUT2D eigenvalue weighted by Crippen LogP contribution is 2.16. The second kappa shape index (κ2) is 7.79. The van der Waals surface area contributed by atoms with Gasteiger partial charge in [-0.25, -0.2) is 0 Å². The maximum absolute atomic E-state index is 4.23. The van der Waals surface area contributed by atoms with E-state index in [1.165, 1.54) is 5.56 Å². The number of rotatable bonds is 5. The molecule has 0 radical (unpaired) electrons. The van der Waals surface area contributed by atoms with Gasteiger partial charge in [-0.3, -0.25) is 4.99 Å². The predicted molar refractivity (Wildman–Crippen MR) is 82.5 cm³/mol. The van der Waals surface area contributed by atoms with Crippen LogP contribution in [0.3, 0.4) is 0 Å². The minimum Gasteiger partial charge on any atom is -0.354 e. The van der Waals surface area contributed by atoms with Gasteiger partial charge in [0, 0.05) is 19.6 Å². The molecular formula is C15H26N4. The smallest absolute Gasteiger partial charge is 0.191 e. The first-order chi connectivity index (χ1) is 9.04. The Balaban J connectivity index is 2.65. The van der Waals surface area contributed by atoms with E-state index in [4.69, 9.17) is 0 Å². The van der Waals surface area contributed by atoms with Crippen molar-refractivity contribution in [1.29, 1.82) is 0 Å². The third-order valence-corrected chi connectivity index (χ3v) is 2.92. The lowest BCUT2D eigenvalue weighted by atomic mass is 10.1. The van der Waals surface area contributed by atoms with Crippen LogP contribution in [0.5, 0.6) is 0 Å². The van der Waals surface area contributed by atoms with Crippen LogP contribution in [-0.4, -0.2) is 44.6 Å². The molecule has 0 aliphatic heterocycles. The average Bonchev–Trinajstić information content (AvgIpc) is 2.38. The van der Waals surface area contributed by atoms with Crippen molar-refractivity contribution in [2.24, 2.45) is 4.99 Å². The molecule has 4 heteroatoms. The van der Waals surface area contributed by atoms with Crippen LogP contribution in [0.2, 0.25) is 0 Å². The second-order valence-electron chi connectivity index (χ2n) is 5.14. The lowest BCUT2D eigenvalue weighted by Gasteiger charge is -2.26. The van der Waals surface area contributed by atoms with Gasteiger partial charge in [0.1, 0.15) is 0 Å². The van der Waals surface area contributed by atoms with Gasteiger partial charge in [0.2, 0.25) is 0 Å². The van der Waals surface area contributed by atoms with Gasteiger partial charge >= 0.3 is 0 Å². The molecule has 1 aromatic rings. The van der Waals surface area contributed by atoms with Crippen molar-refractivity contribution in [3.8, 4) is 0 Å². The Kier molecular flexibility index (Phi) is 6.36. The third kappa shape index (κ3) is 5.30. The summed E-state index contributed by atoms with van der Waals surface area (Å²) in [5.41, 5.74) is 1.31. The first-order valence-corrected chi connectivity index (χ1v) is 6.73. The number of hydrogen-bond acceptors (Lipinski definition) is 2. The SMILES string of the molecule is CN=C(NCC(c1ccccc1)N(C)C)NC(C)C. The van der Waals surface area contributed by atoms with Crippen LogP contribution >= 0.6 is 0 Å². The summed E-state index contributed by atoms with van der Waals surface area (Å²) in [7, 11) is 5.99. The predicted octanol–water partition coefficient (Wildman–Crippen LogP) is 1.86. The van der Waals surface area contributed by atoms with Crippen molar-refractivity contribution in [3.63, 3.8) is 0 Å². The summed E-state index contributed by atoms with van der Waals surface area (Å²) in [5.74, 6) is 0.845. The molecule has 0 bridgehead atoms. The summed E-state index contributed by atoms with van der Waals surface area (Å²) < 4.78 is 0. The van der Waals surface area contributed by atoms with E-state index >= 15 is 0 Å². The van der Waals surface area contributed by atoms with E-state index in [1.807, 2.05) is 6.07 Å². The van der Waals surface area contributed by atoms with Crippen LogP contribution in [0.15, 0.2) is 35.3 Å². The highest BCUT2D eigenvalue weighted by atomic mass is 15.2. The summed E-state index contributed by atoms with van der Waals surface area (Å²) in [6.45, 7) is 5.03. The molecule has 0 aliphatic carbocycles. The molecule has 2 N–H and O–H groups in total. The van der Waals surface area contributed by atoms with Gasteiger partial charge in [-0.1, -0.05) is 30.3 Å².